The number of ether oxygens (including phenoxy) is 1. The molecule has 0 aliphatic rings. The van der Waals surface area contributed by atoms with Gasteiger partial charge >= 0.3 is 0 Å². The minimum Gasteiger partial charge on any atom is -0.497 e. The fourth-order valence-electron chi connectivity index (χ4n) is 3.25. The molecule has 162 valence electrons. The predicted octanol–water partition coefficient (Wildman–Crippen LogP) is 3.68. The number of nitrogens with zero attached hydrogens (tertiary/aromatic N) is 1. The van der Waals surface area contributed by atoms with Crippen LogP contribution in [0.15, 0.2) is 78.9 Å². The van der Waals surface area contributed by atoms with Gasteiger partial charge in [-0.3, -0.25) is 9.10 Å². The standard InChI is InChI=1S/C24H26N2O4S/c1-18-9-11-20(12-10-18)24(19-7-5-4-6-8-19)25-23(27)17-26(31(3,28)29)21-13-15-22(30-2)16-14-21/h4-16,24H,17H2,1-3H3,(H,25,27)/t24-/m1/s1. The lowest BCUT2D eigenvalue weighted by Gasteiger charge is -2.25. The number of carbonyl (C=O) groups excluding carboxylic acids is 1. The Morgan fingerprint density at radius 2 is 1.52 bits per heavy atom. The molecule has 0 bridgehead atoms. The molecule has 0 aromatic heterocycles. The molecule has 0 aliphatic heterocycles. The van der Waals surface area contributed by atoms with E-state index >= 15 is 0 Å². The van der Waals surface area contributed by atoms with Crippen molar-refractivity contribution in [1.29, 1.82) is 0 Å². The Labute approximate surface area is 183 Å². The number of hydrogen-bond donors (Lipinski definition) is 1. The van der Waals surface area contributed by atoms with Gasteiger partial charge in [-0.05, 0) is 42.3 Å². The van der Waals surface area contributed by atoms with Crippen molar-refractivity contribution >= 4 is 21.6 Å². The maximum absolute atomic E-state index is 13.0. The number of hydrogen-bond acceptors (Lipinski definition) is 4. The van der Waals surface area contributed by atoms with Crippen molar-refractivity contribution in [3.8, 4) is 5.75 Å². The molecule has 0 unspecified atom stereocenters. The third-order valence-electron chi connectivity index (χ3n) is 4.90. The lowest BCUT2D eigenvalue weighted by molar-refractivity contribution is -0.120. The van der Waals surface area contributed by atoms with E-state index < -0.39 is 22.0 Å². The third-order valence-corrected chi connectivity index (χ3v) is 6.04. The maximum atomic E-state index is 13.0. The second kappa shape index (κ2) is 9.66. The summed E-state index contributed by atoms with van der Waals surface area (Å²) in [6.07, 6.45) is 1.08. The van der Waals surface area contributed by atoms with Crippen LogP contribution >= 0.6 is 0 Å². The molecule has 0 aliphatic carbocycles. The normalized spacial score (nSPS) is 12.1. The Balaban J connectivity index is 1.86. The van der Waals surface area contributed by atoms with E-state index in [1.165, 1.54) is 7.11 Å². The molecular formula is C24H26N2O4S. The predicted molar refractivity (Wildman–Crippen MR) is 123 cm³/mol. The first-order valence-electron chi connectivity index (χ1n) is 9.80. The number of rotatable bonds is 8. The lowest BCUT2D eigenvalue weighted by Crippen LogP contribution is -2.41. The number of methoxy groups -OCH3 is 1. The zero-order valence-corrected chi connectivity index (χ0v) is 18.6. The van der Waals surface area contributed by atoms with E-state index in [0.717, 1.165) is 27.3 Å². The molecule has 0 saturated carbocycles. The van der Waals surface area contributed by atoms with E-state index in [9.17, 15) is 13.2 Å². The molecular weight excluding hydrogens is 412 g/mol. The molecule has 0 spiro atoms. The topological polar surface area (TPSA) is 75.7 Å². The summed E-state index contributed by atoms with van der Waals surface area (Å²) in [5, 5.41) is 2.99. The Morgan fingerprint density at radius 3 is 2.06 bits per heavy atom. The first-order valence-corrected chi connectivity index (χ1v) is 11.7. The number of carbonyl (C=O) groups is 1. The molecule has 0 saturated heterocycles. The summed E-state index contributed by atoms with van der Waals surface area (Å²) in [5.74, 6) is 0.195. The smallest absolute Gasteiger partial charge is 0.241 e. The summed E-state index contributed by atoms with van der Waals surface area (Å²) < 4.78 is 31.0. The van der Waals surface area contributed by atoms with Gasteiger partial charge in [0.15, 0.2) is 0 Å². The quantitative estimate of drug-likeness (QED) is 0.582. The fraction of sp³-hybridized carbons (Fsp3) is 0.208. The van der Waals surface area contributed by atoms with Crippen LogP contribution in [-0.2, 0) is 14.8 Å². The molecule has 6 nitrogen and oxygen atoms in total. The zero-order chi connectivity index (χ0) is 22.4. The van der Waals surface area contributed by atoms with Crippen LogP contribution in [0.1, 0.15) is 22.7 Å². The third kappa shape index (κ3) is 5.86. The van der Waals surface area contributed by atoms with Gasteiger partial charge in [-0.15, -0.1) is 0 Å². The summed E-state index contributed by atoms with van der Waals surface area (Å²) in [6, 6.07) is 23.6. The summed E-state index contributed by atoms with van der Waals surface area (Å²) >= 11 is 0. The SMILES string of the molecule is COc1ccc(N(CC(=O)N[C@H](c2ccccc2)c2ccc(C)cc2)S(C)(=O)=O)cc1. The Morgan fingerprint density at radius 1 is 0.935 bits per heavy atom. The van der Waals surface area contributed by atoms with Crippen LogP contribution in [0, 0.1) is 6.92 Å². The minimum absolute atomic E-state index is 0.333. The van der Waals surface area contributed by atoms with E-state index in [2.05, 4.69) is 5.32 Å². The highest BCUT2D eigenvalue weighted by molar-refractivity contribution is 7.92. The minimum atomic E-state index is -3.67. The first-order chi connectivity index (χ1) is 14.8. The number of nitrogens with one attached hydrogen (secondary N) is 1. The van der Waals surface area contributed by atoms with Gasteiger partial charge in [-0.2, -0.15) is 0 Å². The van der Waals surface area contributed by atoms with Crippen molar-refractivity contribution in [3.05, 3.63) is 95.6 Å². The highest BCUT2D eigenvalue weighted by atomic mass is 32.2. The van der Waals surface area contributed by atoms with Crippen molar-refractivity contribution in [2.45, 2.75) is 13.0 Å². The van der Waals surface area contributed by atoms with Gasteiger partial charge in [0.2, 0.25) is 15.9 Å². The molecule has 31 heavy (non-hydrogen) atoms. The summed E-state index contributed by atoms with van der Waals surface area (Å²) in [7, 11) is -2.14. The van der Waals surface area contributed by atoms with Crippen molar-refractivity contribution in [2.24, 2.45) is 0 Å². The summed E-state index contributed by atoms with van der Waals surface area (Å²) in [4.78, 5) is 13.0. The average molecular weight is 439 g/mol. The van der Waals surface area contributed by atoms with E-state index in [1.54, 1.807) is 24.3 Å². The van der Waals surface area contributed by atoms with Crippen LogP contribution in [0.5, 0.6) is 5.75 Å². The van der Waals surface area contributed by atoms with Crippen molar-refractivity contribution in [2.75, 3.05) is 24.2 Å². The molecule has 0 fully saturated rings. The highest BCUT2D eigenvalue weighted by Gasteiger charge is 2.23. The van der Waals surface area contributed by atoms with E-state index in [1.807, 2.05) is 61.5 Å². The van der Waals surface area contributed by atoms with Crippen LogP contribution in [-0.4, -0.2) is 34.2 Å². The van der Waals surface area contributed by atoms with Gasteiger partial charge in [-0.1, -0.05) is 60.2 Å². The summed E-state index contributed by atoms with van der Waals surface area (Å²) in [6.45, 7) is 1.67. The Bertz CT molecular complexity index is 1110. The van der Waals surface area contributed by atoms with Gasteiger partial charge in [0.25, 0.3) is 0 Å². The zero-order valence-electron chi connectivity index (χ0n) is 17.8. The highest BCUT2D eigenvalue weighted by Crippen LogP contribution is 2.24. The largest absolute Gasteiger partial charge is 0.497 e. The van der Waals surface area contributed by atoms with Crippen LogP contribution in [0.2, 0.25) is 0 Å². The lowest BCUT2D eigenvalue weighted by atomic mass is 9.98. The monoisotopic (exact) mass is 438 g/mol. The molecule has 3 aromatic carbocycles. The van der Waals surface area contributed by atoms with Crippen LogP contribution in [0.25, 0.3) is 0 Å². The van der Waals surface area contributed by atoms with Crippen LogP contribution in [0.4, 0.5) is 5.69 Å². The van der Waals surface area contributed by atoms with Crippen molar-refractivity contribution < 1.29 is 17.9 Å². The fourth-order valence-corrected chi connectivity index (χ4v) is 4.11. The molecule has 3 aromatic rings. The molecule has 3 rings (SSSR count). The van der Waals surface area contributed by atoms with Crippen molar-refractivity contribution in [3.63, 3.8) is 0 Å². The molecule has 0 radical (unpaired) electrons. The number of amides is 1. The molecule has 1 amide bonds. The van der Waals surface area contributed by atoms with E-state index in [0.29, 0.717) is 11.4 Å². The molecule has 0 heterocycles. The van der Waals surface area contributed by atoms with Crippen LogP contribution in [0.3, 0.4) is 0 Å². The Hall–Kier alpha value is -3.32. The average Bonchev–Trinajstić information content (AvgIpc) is 2.76. The second-order valence-corrected chi connectivity index (χ2v) is 9.20. The number of anilines is 1. The molecule has 1 N–H and O–H groups in total. The van der Waals surface area contributed by atoms with E-state index in [-0.39, 0.29) is 6.54 Å². The van der Waals surface area contributed by atoms with Crippen LogP contribution < -0.4 is 14.4 Å². The van der Waals surface area contributed by atoms with Gasteiger partial charge in [-0.25, -0.2) is 8.42 Å². The number of benzene rings is 3. The number of aryl methyl sites for hydroxylation is 1. The van der Waals surface area contributed by atoms with E-state index in [4.69, 9.17) is 4.74 Å². The van der Waals surface area contributed by atoms with Gasteiger partial charge in [0.1, 0.15) is 12.3 Å². The second-order valence-electron chi connectivity index (χ2n) is 7.29. The molecule has 7 heteroatoms. The van der Waals surface area contributed by atoms with Crippen molar-refractivity contribution in [1.82, 2.24) is 5.32 Å². The first kappa shape index (κ1) is 22.4. The maximum Gasteiger partial charge on any atom is 0.241 e. The van der Waals surface area contributed by atoms with Gasteiger partial charge < -0.3 is 10.1 Å². The Kier molecular flexibility index (Phi) is 6.97. The number of sulfonamides is 1. The molecule has 1 atom stereocenters. The van der Waals surface area contributed by atoms with Gasteiger partial charge in [0.05, 0.1) is 25.1 Å². The summed E-state index contributed by atoms with van der Waals surface area (Å²) in [5.41, 5.74) is 3.34. The van der Waals surface area contributed by atoms with Gasteiger partial charge in [0, 0.05) is 0 Å².